The summed E-state index contributed by atoms with van der Waals surface area (Å²) >= 11 is 1.35. The highest BCUT2D eigenvalue weighted by atomic mass is 32.2. The monoisotopic (exact) mass is 501 g/mol. The standard InChI is InChI=1S/C24H27N3O5S2/c1-3-25-24(29)26-22-21(19-9-4-5-10-20(19)33-22)23(28)27-13-11-17(12-14-27)34(30,31)18-8-6-7-16(15-18)32-2/h4-10,15,17H,3,11-14H2,1-2H3,(H2,25,26,29). The lowest BCUT2D eigenvalue weighted by atomic mass is 10.1. The van der Waals surface area contributed by atoms with E-state index in [4.69, 9.17) is 4.74 Å². The van der Waals surface area contributed by atoms with Gasteiger partial charge in [0.05, 0.1) is 22.8 Å². The van der Waals surface area contributed by atoms with Crippen molar-refractivity contribution in [2.45, 2.75) is 29.9 Å². The van der Waals surface area contributed by atoms with Gasteiger partial charge in [0.25, 0.3) is 5.91 Å². The van der Waals surface area contributed by atoms with E-state index in [0.717, 1.165) is 10.1 Å². The van der Waals surface area contributed by atoms with E-state index in [1.807, 2.05) is 31.2 Å². The zero-order valence-corrected chi connectivity index (χ0v) is 20.7. The Bertz CT molecular complexity index is 1310. The third-order valence-corrected chi connectivity index (χ3v) is 9.26. The normalized spacial score (nSPS) is 14.7. The van der Waals surface area contributed by atoms with Crippen LogP contribution in [0.1, 0.15) is 30.1 Å². The molecule has 2 N–H and O–H groups in total. The first-order valence-electron chi connectivity index (χ1n) is 11.1. The lowest BCUT2D eigenvalue weighted by molar-refractivity contribution is 0.0729. The molecular formula is C24H27N3O5S2. The van der Waals surface area contributed by atoms with Gasteiger partial charge in [0.15, 0.2) is 9.84 Å². The number of fused-ring (bicyclic) bond motifs is 1. The van der Waals surface area contributed by atoms with Gasteiger partial charge in [0.1, 0.15) is 10.8 Å². The third-order valence-electron chi connectivity index (χ3n) is 5.91. The highest BCUT2D eigenvalue weighted by Crippen LogP contribution is 2.37. The van der Waals surface area contributed by atoms with Crippen molar-refractivity contribution in [1.82, 2.24) is 10.2 Å². The van der Waals surface area contributed by atoms with Gasteiger partial charge >= 0.3 is 6.03 Å². The second kappa shape index (κ2) is 10.0. The minimum Gasteiger partial charge on any atom is -0.497 e. The second-order valence-corrected chi connectivity index (χ2v) is 11.3. The molecule has 1 fully saturated rings. The molecule has 0 spiro atoms. The average Bonchev–Trinajstić information content (AvgIpc) is 3.21. The summed E-state index contributed by atoms with van der Waals surface area (Å²) in [6.07, 6.45) is 0.679. The summed E-state index contributed by atoms with van der Waals surface area (Å²) in [5, 5.41) is 6.18. The van der Waals surface area contributed by atoms with Crippen LogP contribution < -0.4 is 15.4 Å². The number of anilines is 1. The highest BCUT2D eigenvalue weighted by molar-refractivity contribution is 7.92. The summed E-state index contributed by atoms with van der Waals surface area (Å²) in [5.41, 5.74) is 0.445. The molecule has 1 aliphatic rings. The Morgan fingerprint density at radius 3 is 2.56 bits per heavy atom. The van der Waals surface area contributed by atoms with E-state index in [9.17, 15) is 18.0 Å². The zero-order valence-electron chi connectivity index (χ0n) is 19.0. The number of hydrogen-bond donors (Lipinski definition) is 2. The number of nitrogens with zero attached hydrogens (tertiary/aromatic N) is 1. The smallest absolute Gasteiger partial charge is 0.319 e. The predicted molar refractivity (Wildman–Crippen MR) is 134 cm³/mol. The largest absolute Gasteiger partial charge is 0.497 e. The molecule has 0 atom stereocenters. The molecule has 1 saturated heterocycles. The molecule has 0 radical (unpaired) electrons. The average molecular weight is 502 g/mol. The molecule has 10 heteroatoms. The number of benzene rings is 2. The van der Waals surface area contributed by atoms with E-state index in [0.29, 0.717) is 48.8 Å². The van der Waals surface area contributed by atoms with Gasteiger partial charge in [-0.25, -0.2) is 13.2 Å². The van der Waals surface area contributed by atoms with Gasteiger partial charge in [-0.1, -0.05) is 24.3 Å². The highest BCUT2D eigenvalue weighted by Gasteiger charge is 2.34. The van der Waals surface area contributed by atoms with Gasteiger partial charge in [-0.2, -0.15) is 0 Å². The SMILES string of the molecule is CCNC(=O)Nc1sc2ccccc2c1C(=O)N1CCC(S(=O)(=O)c2cccc(OC)c2)CC1. The first-order chi connectivity index (χ1) is 16.3. The Balaban J connectivity index is 1.54. The fourth-order valence-corrected chi connectivity index (χ4v) is 7.01. The number of likely N-dealkylation sites (tertiary alicyclic amines) is 1. The van der Waals surface area contributed by atoms with Gasteiger partial charge in [0.2, 0.25) is 0 Å². The number of carbonyl (C=O) groups excluding carboxylic acids is 2. The van der Waals surface area contributed by atoms with Gasteiger partial charge in [-0.05, 0) is 44.0 Å². The van der Waals surface area contributed by atoms with Crippen molar-refractivity contribution in [3.63, 3.8) is 0 Å². The summed E-state index contributed by atoms with van der Waals surface area (Å²) in [5.74, 6) is 0.284. The number of rotatable bonds is 6. The molecule has 1 aromatic heterocycles. The van der Waals surface area contributed by atoms with Crippen LogP contribution in [0.5, 0.6) is 5.75 Å². The van der Waals surface area contributed by atoms with Gasteiger partial charge < -0.3 is 15.0 Å². The molecule has 2 heterocycles. The molecular weight excluding hydrogens is 474 g/mol. The van der Waals surface area contributed by atoms with E-state index in [1.54, 1.807) is 23.1 Å². The molecule has 0 bridgehead atoms. The van der Waals surface area contributed by atoms with E-state index in [1.165, 1.54) is 24.5 Å². The van der Waals surface area contributed by atoms with Crippen LogP contribution in [0.2, 0.25) is 0 Å². The number of hydrogen-bond acceptors (Lipinski definition) is 6. The van der Waals surface area contributed by atoms with Gasteiger partial charge in [-0.3, -0.25) is 10.1 Å². The van der Waals surface area contributed by atoms with Gasteiger partial charge in [-0.15, -0.1) is 11.3 Å². The molecule has 1 aliphatic heterocycles. The van der Waals surface area contributed by atoms with Crippen LogP contribution >= 0.6 is 11.3 Å². The van der Waals surface area contributed by atoms with Crippen molar-refractivity contribution < 1.29 is 22.7 Å². The zero-order chi connectivity index (χ0) is 24.3. The van der Waals surface area contributed by atoms with Crippen LogP contribution in [0.4, 0.5) is 9.80 Å². The first kappa shape index (κ1) is 24.0. The molecule has 2 aromatic carbocycles. The fourth-order valence-electron chi connectivity index (χ4n) is 4.15. The van der Waals surface area contributed by atoms with Crippen molar-refractivity contribution in [2.75, 3.05) is 32.1 Å². The fraction of sp³-hybridized carbons (Fsp3) is 0.333. The lowest BCUT2D eigenvalue weighted by Crippen LogP contribution is -2.42. The summed E-state index contributed by atoms with van der Waals surface area (Å²) < 4.78 is 32.4. The van der Waals surface area contributed by atoms with Crippen LogP contribution in [0, 0.1) is 0 Å². The number of carbonyl (C=O) groups is 2. The maximum absolute atomic E-state index is 13.5. The molecule has 3 aromatic rings. The van der Waals surface area contributed by atoms with E-state index >= 15 is 0 Å². The first-order valence-corrected chi connectivity index (χ1v) is 13.4. The number of methoxy groups -OCH3 is 1. The second-order valence-electron chi connectivity index (χ2n) is 8.00. The van der Waals surface area contributed by atoms with Crippen molar-refractivity contribution in [3.8, 4) is 5.75 Å². The molecule has 0 unspecified atom stereocenters. The van der Waals surface area contributed by atoms with Crippen molar-refractivity contribution in [3.05, 3.63) is 54.1 Å². The maximum atomic E-state index is 13.5. The minimum atomic E-state index is -3.54. The van der Waals surface area contributed by atoms with Crippen LogP contribution in [0.25, 0.3) is 10.1 Å². The number of piperidine rings is 1. The Morgan fingerprint density at radius 2 is 1.85 bits per heavy atom. The summed E-state index contributed by atoms with van der Waals surface area (Å²) in [4.78, 5) is 27.6. The van der Waals surface area contributed by atoms with Crippen LogP contribution in [0.15, 0.2) is 53.4 Å². The Labute approximate surface area is 202 Å². The molecule has 3 amide bonds. The topological polar surface area (TPSA) is 105 Å². The number of sulfone groups is 1. The number of ether oxygens (including phenoxy) is 1. The minimum absolute atomic E-state index is 0.207. The van der Waals surface area contributed by atoms with E-state index in [-0.39, 0.29) is 16.8 Å². The van der Waals surface area contributed by atoms with Gasteiger partial charge in [0, 0.05) is 29.7 Å². The molecule has 0 saturated carbocycles. The molecule has 4 rings (SSSR count). The Kier molecular flexibility index (Phi) is 7.08. The summed E-state index contributed by atoms with van der Waals surface area (Å²) in [6, 6.07) is 13.6. The van der Waals surface area contributed by atoms with Crippen molar-refractivity contribution >= 4 is 48.2 Å². The third kappa shape index (κ3) is 4.74. The number of nitrogens with one attached hydrogen (secondary N) is 2. The number of thiophene rings is 1. The summed E-state index contributed by atoms with van der Waals surface area (Å²) in [6.45, 7) is 2.92. The molecule has 8 nitrogen and oxygen atoms in total. The van der Waals surface area contributed by atoms with E-state index < -0.39 is 15.1 Å². The molecule has 34 heavy (non-hydrogen) atoms. The quantitative estimate of drug-likeness (QED) is 0.529. The van der Waals surface area contributed by atoms with Crippen LogP contribution in [0.3, 0.4) is 0 Å². The summed E-state index contributed by atoms with van der Waals surface area (Å²) in [7, 11) is -2.04. The molecule has 0 aliphatic carbocycles. The number of urea groups is 1. The lowest BCUT2D eigenvalue weighted by Gasteiger charge is -2.32. The van der Waals surface area contributed by atoms with Crippen molar-refractivity contribution in [1.29, 1.82) is 0 Å². The molecule has 180 valence electrons. The predicted octanol–water partition coefficient (Wildman–Crippen LogP) is 4.13. The van der Waals surface area contributed by atoms with E-state index in [2.05, 4.69) is 10.6 Å². The van der Waals surface area contributed by atoms with Crippen LogP contribution in [-0.2, 0) is 9.84 Å². The number of amides is 3. The Morgan fingerprint density at radius 1 is 1.12 bits per heavy atom. The maximum Gasteiger partial charge on any atom is 0.319 e. The van der Waals surface area contributed by atoms with Crippen molar-refractivity contribution in [2.24, 2.45) is 0 Å². The van der Waals surface area contributed by atoms with Crippen LogP contribution in [-0.4, -0.2) is 57.3 Å². The Hall–Kier alpha value is -3.11.